The van der Waals surface area contributed by atoms with Gasteiger partial charge in [-0.3, -0.25) is 9.69 Å². The van der Waals surface area contributed by atoms with Crippen molar-refractivity contribution in [3.63, 3.8) is 0 Å². The Morgan fingerprint density at radius 2 is 2.08 bits per heavy atom. The van der Waals surface area contributed by atoms with Crippen LogP contribution in [0.25, 0.3) is 10.8 Å². The third kappa shape index (κ3) is 3.53. The van der Waals surface area contributed by atoms with E-state index in [2.05, 4.69) is 27.4 Å². The lowest BCUT2D eigenvalue weighted by molar-refractivity contribution is 0.0624. The average molecular weight is 374 g/mol. The molecule has 25 heavy (non-hydrogen) atoms. The SMILES string of the molecule is Cc1sc(-c2ccco2)nc1C(=O)N1CCN(Cc2cccs2)CC1. The van der Waals surface area contributed by atoms with Gasteiger partial charge in [0.15, 0.2) is 10.8 Å². The molecule has 5 nitrogen and oxygen atoms in total. The summed E-state index contributed by atoms with van der Waals surface area (Å²) in [6.07, 6.45) is 1.63. The number of thiophene rings is 1. The summed E-state index contributed by atoms with van der Waals surface area (Å²) in [6, 6.07) is 7.95. The molecule has 3 aromatic rings. The molecular weight excluding hydrogens is 354 g/mol. The second kappa shape index (κ2) is 7.11. The molecule has 0 radical (unpaired) electrons. The lowest BCUT2D eigenvalue weighted by atomic mass is 10.2. The molecular formula is C18H19N3O2S2. The van der Waals surface area contributed by atoms with Gasteiger partial charge in [-0.05, 0) is 30.5 Å². The van der Waals surface area contributed by atoms with E-state index in [4.69, 9.17) is 4.42 Å². The van der Waals surface area contributed by atoms with Crippen LogP contribution >= 0.6 is 22.7 Å². The zero-order valence-electron chi connectivity index (χ0n) is 14.0. The summed E-state index contributed by atoms with van der Waals surface area (Å²) >= 11 is 3.29. The Kier molecular flexibility index (Phi) is 4.70. The predicted molar refractivity (Wildman–Crippen MR) is 100 cm³/mol. The topological polar surface area (TPSA) is 49.6 Å². The second-order valence-corrected chi connectivity index (χ2v) is 8.28. The number of hydrogen-bond donors (Lipinski definition) is 0. The molecule has 1 saturated heterocycles. The van der Waals surface area contributed by atoms with Crippen molar-refractivity contribution in [2.24, 2.45) is 0 Å². The van der Waals surface area contributed by atoms with Crippen molar-refractivity contribution in [1.29, 1.82) is 0 Å². The van der Waals surface area contributed by atoms with Gasteiger partial charge in [0.05, 0.1) is 6.26 Å². The number of furan rings is 1. The molecule has 0 saturated carbocycles. The third-order valence-corrected chi connectivity index (χ3v) is 6.20. The summed E-state index contributed by atoms with van der Waals surface area (Å²) in [7, 11) is 0. The Labute approximate surface area is 154 Å². The van der Waals surface area contributed by atoms with Crippen LogP contribution in [0.4, 0.5) is 0 Å². The molecule has 0 spiro atoms. The minimum absolute atomic E-state index is 0.0299. The van der Waals surface area contributed by atoms with Crippen molar-refractivity contribution in [1.82, 2.24) is 14.8 Å². The van der Waals surface area contributed by atoms with E-state index in [1.807, 2.05) is 24.0 Å². The first-order chi connectivity index (χ1) is 12.2. The quantitative estimate of drug-likeness (QED) is 0.699. The maximum atomic E-state index is 12.9. The fraction of sp³-hybridized carbons (Fsp3) is 0.333. The number of piperazine rings is 1. The van der Waals surface area contributed by atoms with Gasteiger partial charge < -0.3 is 9.32 Å². The minimum atomic E-state index is 0.0299. The van der Waals surface area contributed by atoms with Gasteiger partial charge >= 0.3 is 0 Å². The van der Waals surface area contributed by atoms with Crippen LogP contribution in [0.2, 0.25) is 0 Å². The van der Waals surface area contributed by atoms with Gasteiger partial charge in [0.2, 0.25) is 0 Å². The van der Waals surface area contributed by atoms with Crippen LogP contribution in [0.5, 0.6) is 0 Å². The monoisotopic (exact) mass is 373 g/mol. The zero-order chi connectivity index (χ0) is 17.2. The number of carbonyl (C=O) groups is 1. The van der Waals surface area contributed by atoms with Crippen molar-refractivity contribution in [3.05, 3.63) is 51.4 Å². The molecule has 130 valence electrons. The molecule has 7 heteroatoms. The lowest BCUT2D eigenvalue weighted by Gasteiger charge is -2.34. The van der Waals surface area contributed by atoms with Crippen LogP contribution in [-0.4, -0.2) is 46.9 Å². The Morgan fingerprint density at radius 3 is 2.76 bits per heavy atom. The minimum Gasteiger partial charge on any atom is -0.462 e. The van der Waals surface area contributed by atoms with Crippen LogP contribution in [0.1, 0.15) is 20.2 Å². The van der Waals surface area contributed by atoms with Crippen LogP contribution in [0.3, 0.4) is 0 Å². The summed E-state index contributed by atoms with van der Waals surface area (Å²) in [6.45, 7) is 6.21. The Hall–Kier alpha value is -1.96. The van der Waals surface area contributed by atoms with Gasteiger partial charge in [0.25, 0.3) is 5.91 Å². The first-order valence-electron chi connectivity index (χ1n) is 8.26. The number of hydrogen-bond acceptors (Lipinski definition) is 6. The summed E-state index contributed by atoms with van der Waals surface area (Å²) in [5, 5.41) is 2.87. The number of nitrogens with zero attached hydrogens (tertiary/aromatic N) is 3. The predicted octanol–water partition coefficient (Wildman–Crippen LogP) is 3.73. The van der Waals surface area contributed by atoms with Crippen LogP contribution in [0.15, 0.2) is 40.3 Å². The van der Waals surface area contributed by atoms with Crippen molar-refractivity contribution >= 4 is 28.6 Å². The van der Waals surface area contributed by atoms with E-state index in [1.54, 1.807) is 17.6 Å². The van der Waals surface area contributed by atoms with Gasteiger partial charge in [-0.1, -0.05) is 6.07 Å². The maximum absolute atomic E-state index is 12.9. The fourth-order valence-electron chi connectivity index (χ4n) is 2.98. The van der Waals surface area contributed by atoms with E-state index in [0.29, 0.717) is 11.5 Å². The van der Waals surface area contributed by atoms with Crippen molar-refractivity contribution in [3.8, 4) is 10.8 Å². The smallest absolute Gasteiger partial charge is 0.273 e. The highest BCUT2D eigenvalue weighted by atomic mass is 32.1. The van der Waals surface area contributed by atoms with E-state index >= 15 is 0 Å². The highest BCUT2D eigenvalue weighted by Gasteiger charge is 2.26. The number of carbonyl (C=O) groups excluding carboxylic acids is 1. The number of rotatable bonds is 4. The molecule has 3 aromatic heterocycles. The van der Waals surface area contributed by atoms with E-state index in [0.717, 1.165) is 42.6 Å². The van der Waals surface area contributed by atoms with Crippen molar-refractivity contribution < 1.29 is 9.21 Å². The van der Waals surface area contributed by atoms with Gasteiger partial charge in [-0.15, -0.1) is 22.7 Å². The van der Waals surface area contributed by atoms with E-state index in [9.17, 15) is 4.79 Å². The first kappa shape index (κ1) is 16.5. The standard InChI is InChI=1S/C18H19N3O2S2/c1-13-16(19-17(25-13)15-5-2-10-23-15)18(22)21-8-6-20(7-9-21)12-14-4-3-11-24-14/h2-5,10-11H,6-9,12H2,1H3. The highest BCUT2D eigenvalue weighted by Crippen LogP contribution is 2.28. The molecule has 0 N–H and O–H groups in total. The summed E-state index contributed by atoms with van der Waals surface area (Å²) in [5.74, 6) is 0.746. The summed E-state index contributed by atoms with van der Waals surface area (Å²) in [4.78, 5) is 24.0. The molecule has 0 unspecified atom stereocenters. The number of thiazole rings is 1. The summed E-state index contributed by atoms with van der Waals surface area (Å²) in [5.41, 5.74) is 0.558. The molecule has 0 aromatic carbocycles. The van der Waals surface area contributed by atoms with Gasteiger partial charge in [-0.2, -0.15) is 0 Å². The first-order valence-corrected chi connectivity index (χ1v) is 9.95. The molecule has 4 heterocycles. The van der Waals surface area contributed by atoms with Crippen molar-refractivity contribution in [2.75, 3.05) is 26.2 Å². The van der Waals surface area contributed by atoms with Crippen molar-refractivity contribution in [2.45, 2.75) is 13.5 Å². The van der Waals surface area contributed by atoms with E-state index in [-0.39, 0.29) is 5.91 Å². The Balaban J connectivity index is 1.40. The summed E-state index contributed by atoms with van der Waals surface area (Å²) < 4.78 is 5.39. The lowest BCUT2D eigenvalue weighted by Crippen LogP contribution is -2.48. The Bertz CT molecular complexity index is 832. The third-order valence-electron chi connectivity index (χ3n) is 4.35. The molecule has 1 fully saturated rings. The van der Waals surface area contributed by atoms with Gasteiger partial charge in [0.1, 0.15) is 5.69 Å². The molecule has 0 aliphatic carbocycles. The van der Waals surface area contributed by atoms with Crippen LogP contribution in [-0.2, 0) is 6.54 Å². The molecule has 1 amide bonds. The Morgan fingerprint density at radius 1 is 1.24 bits per heavy atom. The fourth-order valence-corrected chi connectivity index (χ4v) is 4.60. The van der Waals surface area contributed by atoms with E-state index < -0.39 is 0 Å². The average Bonchev–Trinajstić information content (AvgIpc) is 3.36. The molecule has 0 atom stereocenters. The number of amides is 1. The van der Waals surface area contributed by atoms with Gasteiger partial charge in [0, 0.05) is 42.5 Å². The molecule has 0 bridgehead atoms. The maximum Gasteiger partial charge on any atom is 0.273 e. The highest BCUT2D eigenvalue weighted by molar-refractivity contribution is 7.15. The van der Waals surface area contributed by atoms with Gasteiger partial charge in [-0.25, -0.2) is 4.98 Å². The molecule has 4 rings (SSSR count). The van der Waals surface area contributed by atoms with Crippen LogP contribution < -0.4 is 0 Å². The second-order valence-electron chi connectivity index (χ2n) is 6.05. The molecule has 1 aliphatic rings. The zero-order valence-corrected chi connectivity index (χ0v) is 15.6. The van der Waals surface area contributed by atoms with Crippen LogP contribution in [0, 0.1) is 6.92 Å². The normalized spacial score (nSPS) is 15.6. The molecule has 1 aliphatic heterocycles. The van der Waals surface area contributed by atoms with E-state index in [1.165, 1.54) is 16.2 Å². The largest absolute Gasteiger partial charge is 0.462 e. The number of aromatic nitrogens is 1. The number of aryl methyl sites for hydroxylation is 1.